The average Bonchev–Trinajstić information content (AvgIpc) is 2.32. The summed E-state index contributed by atoms with van der Waals surface area (Å²) in [6, 6.07) is -0.784. The Hall–Kier alpha value is -1.65. The van der Waals surface area contributed by atoms with Gasteiger partial charge in [0.1, 0.15) is 0 Å². The monoisotopic (exact) mass is 245 g/mol. The summed E-state index contributed by atoms with van der Waals surface area (Å²) in [5.41, 5.74) is 5.57. The van der Waals surface area contributed by atoms with E-state index in [2.05, 4.69) is 0 Å². The second kappa shape index (κ2) is 5.44. The summed E-state index contributed by atoms with van der Waals surface area (Å²) in [6.45, 7) is 0. The van der Waals surface area contributed by atoms with E-state index >= 15 is 0 Å². The van der Waals surface area contributed by atoms with Crippen LogP contribution < -0.4 is 11.2 Å². The van der Waals surface area contributed by atoms with Crippen molar-refractivity contribution in [2.24, 2.45) is 5.73 Å². The first-order chi connectivity index (χ1) is 7.11. The Balaban J connectivity index is 0.000000385. The third-order valence-corrected chi connectivity index (χ3v) is 1.35. The molecule has 0 aromatic heterocycles. The van der Waals surface area contributed by atoms with Crippen molar-refractivity contribution in [2.75, 3.05) is 0 Å². The number of nitrogens with zero attached hydrogens (tertiary/aromatic N) is 1. The highest BCUT2D eigenvalue weighted by Gasteiger charge is 2.33. The van der Waals surface area contributed by atoms with Crippen molar-refractivity contribution in [3.8, 4) is 0 Å². The standard InChI is InChI=1S/C5H7N3O3.BF4/c6-5(11)7-8-3(9)1-2-4(8)10;2-1(3,4)5/h1-2H2,(H3,6,7,11);/q;-1/p+1. The smallest absolute Gasteiger partial charge is 0.418 e. The number of halogens is 4. The molecule has 11 heteroatoms. The summed E-state index contributed by atoms with van der Waals surface area (Å²) in [7, 11) is -6.00. The third kappa shape index (κ3) is 6.76. The number of primary amides is 2. The number of imide groups is 1. The fourth-order valence-corrected chi connectivity index (χ4v) is 0.865. The van der Waals surface area contributed by atoms with Crippen molar-refractivity contribution in [3.05, 3.63) is 0 Å². The van der Waals surface area contributed by atoms with Crippen molar-refractivity contribution in [3.63, 3.8) is 0 Å². The molecule has 6 nitrogen and oxygen atoms in total. The van der Waals surface area contributed by atoms with Crippen LogP contribution in [-0.4, -0.2) is 30.1 Å². The number of carbonyl (C=O) groups is 3. The largest absolute Gasteiger partial charge is 0.673 e. The molecule has 1 aliphatic rings. The predicted molar refractivity (Wildman–Crippen MR) is 42.8 cm³/mol. The van der Waals surface area contributed by atoms with E-state index in [-0.39, 0.29) is 24.7 Å². The van der Waals surface area contributed by atoms with Crippen LogP contribution in [0.25, 0.3) is 0 Å². The van der Waals surface area contributed by atoms with Gasteiger partial charge >= 0.3 is 13.3 Å². The van der Waals surface area contributed by atoms with E-state index in [0.717, 1.165) is 10.4 Å². The molecule has 1 rings (SSSR count). The van der Waals surface area contributed by atoms with Gasteiger partial charge in [0, 0.05) is 12.8 Å². The minimum Gasteiger partial charge on any atom is -0.418 e. The fraction of sp³-hybridized carbons (Fsp3) is 0.400. The Labute approximate surface area is 86.8 Å². The van der Waals surface area contributed by atoms with Crippen molar-refractivity contribution in [1.82, 2.24) is 5.01 Å². The van der Waals surface area contributed by atoms with Gasteiger partial charge in [-0.2, -0.15) is 5.43 Å². The van der Waals surface area contributed by atoms with E-state index in [9.17, 15) is 31.6 Å². The van der Waals surface area contributed by atoms with Gasteiger partial charge in [-0.25, -0.2) is 4.79 Å². The summed E-state index contributed by atoms with van der Waals surface area (Å²) < 4.78 is 39.0. The molecule has 0 aliphatic carbocycles. The number of hydrogen-bond acceptors (Lipinski definition) is 3. The maximum Gasteiger partial charge on any atom is 0.673 e. The first-order valence-electron chi connectivity index (χ1n) is 3.98. The highest BCUT2D eigenvalue weighted by molar-refractivity contribution is 6.50. The second-order valence-electron chi connectivity index (χ2n) is 2.68. The van der Waals surface area contributed by atoms with Gasteiger partial charge in [0.2, 0.25) is 0 Å². The molecule has 1 heterocycles. The minimum atomic E-state index is -6.00. The molecule has 1 fully saturated rings. The highest BCUT2D eigenvalue weighted by atomic mass is 19.5. The lowest BCUT2D eigenvalue weighted by Gasteiger charge is -2.05. The Morgan fingerprint density at radius 3 is 1.75 bits per heavy atom. The summed E-state index contributed by atoms with van der Waals surface area (Å²) >= 11 is 0. The minimum absolute atomic E-state index is 0.169. The van der Waals surface area contributed by atoms with Gasteiger partial charge in [0.05, 0.1) is 0 Å². The number of urea groups is 1. The summed E-state index contributed by atoms with van der Waals surface area (Å²) in [4.78, 5) is 31.8. The molecule has 0 spiro atoms. The molecule has 16 heavy (non-hydrogen) atoms. The van der Waals surface area contributed by atoms with Crippen LogP contribution in [0.5, 0.6) is 0 Å². The Morgan fingerprint density at radius 2 is 1.50 bits per heavy atom. The van der Waals surface area contributed by atoms with Crippen LogP contribution >= 0.6 is 0 Å². The van der Waals surface area contributed by atoms with Gasteiger partial charge in [-0.05, 0) is 0 Å². The maximum atomic E-state index is 10.8. The van der Waals surface area contributed by atoms with Crippen LogP contribution in [0.4, 0.5) is 22.1 Å². The summed E-state index contributed by atoms with van der Waals surface area (Å²) in [6.07, 6.45) is 0.339. The zero-order chi connectivity index (χ0) is 12.9. The lowest BCUT2D eigenvalue weighted by atomic mass is 10.3. The van der Waals surface area contributed by atoms with E-state index in [1.165, 1.54) is 0 Å². The van der Waals surface area contributed by atoms with Gasteiger partial charge in [-0.1, -0.05) is 0 Å². The van der Waals surface area contributed by atoms with E-state index < -0.39 is 13.3 Å². The molecule has 1 saturated heterocycles. The highest BCUT2D eigenvalue weighted by Crippen LogP contribution is 2.06. The summed E-state index contributed by atoms with van der Waals surface area (Å²) in [5, 5.41) is 0.766. The lowest BCUT2D eigenvalue weighted by molar-refractivity contribution is -0.681. The number of rotatable bonds is 1. The lowest BCUT2D eigenvalue weighted by Crippen LogP contribution is -2.99. The molecular weight excluding hydrogens is 237 g/mol. The molecule has 0 saturated carbocycles. The zero-order valence-electron chi connectivity index (χ0n) is 7.83. The Bertz CT molecular complexity index is 286. The van der Waals surface area contributed by atoms with E-state index in [1.54, 1.807) is 0 Å². The van der Waals surface area contributed by atoms with Gasteiger partial charge < -0.3 is 23.0 Å². The van der Waals surface area contributed by atoms with E-state index in [0.29, 0.717) is 0 Å². The van der Waals surface area contributed by atoms with Crippen molar-refractivity contribution < 1.29 is 37.1 Å². The van der Waals surface area contributed by atoms with Crippen LogP contribution in [0.1, 0.15) is 12.8 Å². The van der Waals surface area contributed by atoms with Gasteiger partial charge in [0.15, 0.2) is 0 Å². The second-order valence-corrected chi connectivity index (χ2v) is 2.68. The van der Waals surface area contributed by atoms with Crippen LogP contribution in [0, 0.1) is 0 Å². The van der Waals surface area contributed by atoms with Crippen molar-refractivity contribution in [2.45, 2.75) is 12.8 Å². The molecule has 0 atom stereocenters. The summed E-state index contributed by atoms with van der Waals surface area (Å²) in [5.74, 6) is -0.734. The first-order valence-corrected chi connectivity index (χ1v) is 3.98. The average molecular weight is 245 g/mol. The molecule has 4 N–H and O–H groups in total. The Morgan fingerprint density at radius 1 is 1.19 bits per heavy atom. The SMILES string of the molecule is F[B-](F)(F)F.NC(=O)[NH2+]N1C(=O)CCC1=O. The zero-order valence-corrected chi connectivity index (χ0v) is 7.83. The van der Waals surface area contributed by atoms with Crippen molar-refractivity contribution in [1.29, 1.82) is 0 Å². The quantitative estimate of drug-likeness (QED) is 0.203. The molecule has 0 aromatic rings. The Kier molecular flexibility index (Phi) is 4.88. The van der Waals surface area contributed by atoms with Crippen LogP contribution in [-0.2, 0) is 9.59 Å². The van der Waals surface area contributed by atoms with E-state index in [1.807, 2.05) is 0 Å². The number of hydrogen-bond donors (Lipinski definition) is 2. The number of carbonyl (C=O) groups excluding carboxylic acids is 3. The molecule has 1 aliphatic heterocycles. The number of amides is 4. The molecule has 0 bridgehead atoms. The van der Waals surface area contributed by atoms with Crippen LogP contribution in [0.3, 0.4) is 0 Å². The van der Waals surface area contributed by atoms with Crippen LogP contribution in [0.2, 0.25) is 0 Å². The number of quaternary nitrogens is 1. The molecule has 92 valence electrons. The predicted octanol–water partition coefficient (Wildman–Crippen LogP) is -1.01. The van der Waals surface area contributed by atoms with Gasteiger partial charge in [-0.3, -0.25) is 9.59 Å². The maximum absolute atomic E-state index is 10.8. The van der Waals surface area contributed by atoms with Crippen LogP contribution in [0.15, 0.2) is 0 Å². The molecular formula is C5H8BF4N3O3. The number of nitrogens with two attached hydrogens (primary N) is 2. The topological polar surface area (TPSA) is 97.1 Å². The van der Waals surface area contributed by atoms with Gasteiger partial charge in [-0.15, -0.1) is 5.01 Å². The fourth-order valence-electron chi connectivity index (χ4n) is 0.865. The first kappa shape index (κ1) is 14.4. The van der Waals surface area contributed by atoms with Crippen molar-refractivity contribution >= 4 is 25.1 Å². The normalized spacial score (nSPS) is 15.9. The molecule has 4 amide bonds. The molecule has 0 radical (unpaired) electrons. The molecule has 0 aromatic carbocycles. The molecule has 0 unspecified atom stereocenters. The van der Waals surface area contributed by atoms with E-state index in [4.69, 9.17) is 5.73 Å². The third-order valence-electron chi connectivity index (χ3n) is 1.35. The van der Waals surface area contributed by atoms with Gasteiger partial charge in [0.25, 0.3) is 11.8 Å².